The predicted octanol–water partition coefficient (Wildman–Crippen LogP) is 3.73. The van der Waals surface area contributed by atoms with Gasteiger partial charge in [-0.15, -0.1) is 0 Å². The first kappa shape index (κ1) is 22.9. The van der Waals surface area contributed by atoms with E-state index in [0.29, 0.717) is 44.1 Å². The molecule has 2 heterocycles. The number of halogens is 1. The van der Waals surface area contributed by atoms with Gasteiger partial charge < -0.3 is 10.1 Å². The van der Waals surface area contributed by atoms with E-state index in [1.807, 2.05) is 0 Å². The smallest absolute Gasteiger partial charge is 0.243 e. The summed E-state index contributed by atoms with van der Waals surface area (Å²) in [5.74, 6) is 0.0962. The Hall–Kier alpha value is -3.30. The largest absolute Gasteiger partial charge is 0.439 e. The molecule has 9 heteroatoms. The van der Waals surface area contributed by atoms with Crippen LogP contribution in [0.15, 0.2) is 77.8 Å². The Morgan fingerprint density at radius 1 is 1.06 bits per heavy atom. The average molecular weight is 470 g/mol. The number of carbonyl (C=O) groups is 1. The number of amides is 1. The fraction of sp³-hybridized carbons (Fsp3) is 0.250. The normalized spacial score (nSPS) is 15.2. The molecule has 33 heavy (non-hydrogen) atoms. The molecular weight excluding hydrogens is 445 g/mol. The number of sulfonamides is 1. The van der Waals surface area contributed by atoms with Crippen LogP contribution in [0.2, 0.25) is 0 Å². The molecule has 0 saturated carbocycles. The highest BCUT2D eigenvalue weighted by atomic mass is 32.2. The van der Waals surface area contributed by atoms with Gasteiger partial charge in [-0.1, -0.05) is 18.2 Å². The lowest BCUT2D eigenvalue weighted by atomic mass is 9.97. The van der Waals surface area contributed by atoms with Crippen LogP contribution in [0.25, 0.3) is 0 Å². The van der Waals surface area contributed by atoms with Gasteiger partial charge in [0.1, 0.15) is 11.6 Å². The van der Waals surface area contributed by atoms with E-state index in [1.54, 1.807) is 48.7 Å². The molecule has 0 unspecified atom stereocenters. The van der Waals surface area contributed by atoms with Gasteiger partial charge in [-0.2, -0.15) is 4.31 Å². The molecule has 7 nitrogen and oxygen atoms in total. The molecule has 0 bridgehead atoms. The van der Waals surface area contributed by atoms with Gasteiger partial charge in [0.15, 0.2) is 0 Å². The minimum absolute atomic E-state index is 0.107. The van der Waals surface area contributed by atoms with Gasteiger partial charge in [-0.3, -0.25) is 4.79 Å². The van der Waals surface area contributed by atoms with E-state index in [1.165, 1.54) is 28.6 Å². The number of nitrogens with one attached hydrogen (secondary N) is 1. The number of rotatable bonds is 7. The molecule has 172 valence electrons. The highest BCUT2D eigenvalue weighted by Crippen LogP contribution is 2.24. The molecule has 0 atom stereocenters. The first-order valence-electron chi connectivity index (χ1n) is 10.6. The maximum Gasteiger partial charge on any atom is 0.243 e. The van der Waals surface area contributed by atoms with Crippen LogP contribution in [0.3, 0.4) is 0 Å². The molecular formula is C24H24FN3O4S. The lowest BCUT2D eigenvalue weighted by molar-refractivity contribution is -0.126. The first-order chi connectivity index (χ1) is 15.9. The van der Waals surface area contributed by atoms with E-state index in [2.05, 4.69) is 10.3 Å². The van der Waals surface area contributed by atoms with Crippen molar-refractivity contribution in [2.24, 2.45) is 5.92 Å². The number of hydrogen-bond acceptors (Lipinski definition) is 5. The van der Waals surface area contributed by atoms with Crippen LogP contribution < -0.4 is 10.1 Å². The van der Waals surface area contributed by atoms with Crippen molar-refractivity contribution in [3.63, 3.8) is 0 Å². The molecule has 1 saturated heterocycles. The summed E-state index contributed by atoms with van der Waals surface area (Å²) in [6.45, 7) is 0.907. The fourth-order valence-electron chi connectivity index (χ4n) is 3.67. The lowest BCUT2D eigenvalue weighted by Gasteiger charge is -2.30. The zero-order valence-corrected chi connectivity index (χ0v) is 18.7. The Kier molecular flexibility index (Phi) is 7.00. The number of nitrogens with zero attached hydrogens (tertiary/aromatic N) is 2. The second-order valence-corrected chi connectivity index (χ2v) is 9.71. The quantitative estimate of drug-likeness (QED) is 0.570. The van der Waals surface area contributed by atoms with E-state index >= 15 is 0 Å². The zero-order valence-electron chi connectivity index (χ0n) is 17.9. The molecule has 1 aliphatic rings. The van der Waals surface area contributed by atoms with Crippen molar-refractivity contribution < 1.29 is 22.3 Å². The second-order valence-electron chi connectivity index (χ2n) is 7.77. The lowest BCUT2D eigenvalue weighted by Crippen LogP contribution is -2.42. The van der Waals surface area contributed by atoms with Crippen molar-refractivity contribution in [3.8, 4) is 11.6 Å². The monoisotopic (exact) mass is 469 g/mol. The number of benzene rings is 2. The van der Waals surface area contributed by atoms with Crippen molar-refractivity contribution in [2.75, 3.05) is 13.1 Å². The Labute approximate surface area is 192 Å². The first-order valence-corrected chi connectivity index (χ1v) is 12.1. The van der Waals surface area contributed by atoms with Crippen LogP contribution in [0.5, 0.6) is 11.6 Å². The van der Waals surface area contributed by atoms with Gasteiger partial charge in [-0.05, 0) is 60.9 Å². The molecule has 2 aromatic carbocycles. The molecule has 1 N–H and O–H groups in total. The fourth-order valence-corrected chi connectivity index (χ4v) is 5.16. The molecule has 0 aliphatic carbocycles. The third kappa shape index (κ3) is 5.74. The topological polar surface area (TPSA) is 88.6 Å². The molecule has 1 aliphatic heterocycles. The summed E-state index contributed by atoms with van der Waals surface area (Å²) in [5, 5.41) is 2.91. The maximum atomic E-state index is 13.0. The summed E-state index contributed by atoms with van der Waals surface area (Å²) in [5.41, 5.74) is 0.805. The van der Waals surface area contributed by atoms with Crippen molar-refractivity contribution in [1.82, 2.24) is 14.6 Å². The highest BCUT2D eigenvalue weighted by Gasteiger charge is 2.31. The van der Waals surface area contributed by atoms with Gasteiger partial charge in [-0.25, -0.2) is 17.8 Å². The predicted molar refractivity (Wildman–Crippen MR) is 120 cm³/mol. The van der Waals surface area contributed by atoms with Gasteiger partial charge in [0.25, 0.3) is 0 Å². The molecule has 1 aromatic heterocycles. The summed E-state index contributed by atoms with van der Waals surface area (Å²) in [6, 6.07) is 17.4. The van der Waals surface area contributed by atoms with Crippen molar-refractivity contribution in [1.29, 1.82) is 0 Å². The number of ether oxygens (including phenoxy) is 1. The molecule has 0 radical (unpaired) electrons. The SMILES string of the molecule is O=C(NCc1ccnc(Oc2ccc(F)cc2)c1)C1CCN(S(=O)(=O)c2ccccc2)CC1. The minimum Gasteiger partial charge on any atom is -0.439 e. The van der Waals surface area contributed by atoms with Crippen LogP contribution in [-0.2, 0) is 21.4 Å². The van der Waals surface area contributed by atoms with E-state index in [-0.39, 0.29) is 22.5 Å². The summed E-state index contributed by atoms with van der Waals surface area (Å²) in [7, 11) is -3.54. The van der Waals surface area contributed by atoms with Crippen molar-refractivity contribution in [2.45, 2.75) is 24.3 Å². The second kappa shape index (κ2) is 10.1. The third-order valence-corrected chi connectivity index (χ3v) is 7.42. The van der Waals surface area contributed by atoms with Gasteiger partial charge in [0.05, 0.1) is 4.90 Å². The van der Waals surface area contributed by atoms with Crippen LogP contribution in [0.4, 0.5) is 4.39 Å². The van der Waals surface area contributed by atoms with Crippen LogP contribution >= 0.6 is 0 Å². The Morgan fingerprint density at radius 3 is 2.45 bits per heavy atom. The molecule has 0 spiro atoms. The third-order valence-electron chi connectivity index (χ3n) is 5.51. The zero-order chi connectivity index (χ0) is 23.3. The van der Waals surface area contributed by atoms with Crippen LogP contribution in [0, 0.1) is 11.7 Å². The average Bonchev–Trinajstić information content (AvgIpc) is 2.85. The molecule has 1 fully saturated rings. The highest BCUT2D eigenvalue weighted by molar-refractivity contribution is 7.89. The van der Waals surface area contributed by atoms with Gasteiger partial charge >= 0.3 is 0 Å². The summed E-state index contributed by atoms with van der Waals surface area (Å²) in [4.78, 5) is 17.1. The number of carbonyl (C=O) groups excluding carboxylic acids is 1. The van der Waals surface area contributed by atoms with Crippen LogP contribution in [-0.4, -0.2) is 36.7 Å². The van der Waals surface area contributed by atoms with Crippen molar-refractivity contribution in [3.05, 3.63) is 84.3 Å². The van der Waals surface area contributed by atoms with E-state index in [9.17, 15) is 17.6 Å². The van der Waals surface area contributed by atoms with Crippen molar-refractivity contribution >= 4 is 15.9 Å². The van der Waals surface area contributed by atoms with E-state index < -0.39 is 10.0 Å². The summed E-state index contributed by atoms with van der Waals surface area (Å²) in [6.07, 6.45) is 2.51. The minimum atomic E-state index is -3.54. The van der Waals surface area contributed by atoms with E-state index in [0.717, 1.165) is 5.56 Å². The number of pyridine rings is 1. The molecule has 4 rings (SSSR count). The maximum absolute atomic E-state index is 13.0. The molecule has 3 aromatic rings. The Bertz CT molecular complexity index is 1200. The number of piperidine rings is 1. The summed E-state index contributed by atoms with van der Waals surface area (Å²) >= 11 is 0. The number of aromatic nitrogens is 1. The standard InChI is InChI=1S/C24H24FN3O4S/c25-20-6-8-21(9-7-20)32-23-16-18(10-13-26-23)17-27-24(29)19-11-14-28(15-12-19)33(30,31)22-4-2-1-3-5-22/h1-10,13,16,19H,11-12,14-15,17H2,(H,27,29). The van der Waals surface area contributed by atoms with E-state index in [4.69, 9.17) is 4.74 Å². The Morgan fingerprint density at radius 2 is 1.76 bits per heavy atom. The Balaban J connectivity index is 1.29. The van der Waals surface area contributed by atoms with Crippen LogP contribution in [0.1, 0.15) is 18.4 Å². The molecule has 1 amide bonds. The summed E-state index contributed by atoms with van der Waals surface area (Å²) < 4.78 is 45.6. The van der Waals surface area contributed by atoms with Gasteiger partial charge in [0.2, 0.25) is 21.8 Å². The van der Waals surface area contributed by atoms with Gasteiger partial charge in [0, 0.05) is 37.8 Å². The number of hydrogen-bond donors (Lipinski definition) is 1.